The van der Waals surface area contributed by atoms with Crippen molar-refractivity contribution in [2.24, 2.45) is 5.41 Å². The number of para-hydroxylation sites is 1. The van der Waals surface area contributed by atoms with E-state index < -0.39 is 10.0 Å². The van der Waals surface area contributed by atoms with Crippen molar-refractivity contribution in [3.63, 3.8) is 0 Å². The van der Waals surface area contributed by atoms with Gasteiger partial charge in [0.15, 0.2) is 0 Å². The van der Waals surface area contributed by atoms with Crippen LogP contribution in [0.25, 0.3) is 0 Å². The lowest BCUT2D eigenvalue weighted by atomic mass is 9.78. The lowest BCUT2D eigenvalue weighted by molar-refractivity contribution is 0.0332. The number of likely N-dealkylation sites (tertiary alicyclic amines) is 1. The molecule has 4 rings (SSSR count). The number of hydrogen-bond donors (Lipinski definition) is 0. The number of rotatable bonds is 3. The van der Waals surface area contributed by atoms with Crippen molar-refractivity contribution >= 4 is 10.0 Å². The van der Waals surface area contributed by atoms with E-state index in [4.69, 9.17) is 9.15 Å². The fourth-order valence-corrected chi connectivity index (χ4v) is 5.76. The van der Waals surface area contributed by atoms with Gasteiger partial charge in [-0.3, -0.25) is 4.90 Å². The van der Waals surface area contributed by atoms with E-state index in [0.29, 0.717) is 25.4 Å². The molecule has 6 nitrogen and oxygen atoms in total. The average Bonchev–Trinajstić information content (AvgIpc) is 3.19. The van der Waals surface area contributed by atoms with Gasteiger partial charge in [0, 0.05) is 30.6 Å². The molecule has 2 aliphatic heterocycles. The number of piperidine rings is 1. The molecular weight excluding hydrogens is 364 g/mol. The minimum Gasteiger partial charge on any atom is -0.492 e. The molecule has 2 aliphatic rings. The molecule has 0 unspecified atom stereocenters. The molecule has 0 radical (unpaired) electrons. The minimum atomic E-state index is -3.54. The van der Waals surface area contributed by atoms with E-state index >= 15 is 0 Å². The van der Waals surface area contributed by atoms with Crippen molar-refractivity contribution in [3.8, 4) is 5.75 Å². The highest BCUT2D eigenvalue weighted by molar-refractivity contribution is 7.89. The monoisotopic (exact) mass is 390 g/mol. The van der Waals surface area contributed by atoms with Gasteiger partial charge in [-0.1, -0.05) is 19.1 Å². The van der Waals surface area contributed by atoms with Crippen LogP contribution in [0.5, 0.6) is 5.75 Å². The zero-order valence-electron chi connectivity index (χ0n) is 15.6. The van der Waals surface area contributed by atoms with Gasteiger partial charge in [0.2, 0.25) is 10.0 Å². The number of benzene rings is 1. The molecule has 27 heavy (non-hydrogen) atoms. The van der Waals surface area contributed by atoms with Crippen LogP contribution in [0.15, 0.2) is 52.2 Å². The molecule has 0 atom stereocenters. The summed E-state index contributed by atoms with van der Waals surface area (Å²) in [5.74, 6) is 0.468. The molecule has 0 aliphatic carbocycles. The molecule has 0 N–H and O–H groups in total. The van der Waals surface area contributed by atoms with Crippen molar-refractivity contribution in [2.45, 2.75) is 31.2 Å². The van der Waals surface area contributed by atoms with Gasteiger partial charge in [-0.2, -0.15) is 4.31 Å². The summed E-state index contributed by atoms with van der Waals surface area (Å²) in [5.41, 5.74) is 1.02. The summed E-state index contributed by atoms with van der Waals surface area (Å²) in [4.78, 5) is 2.67. The molecule has 0 bridgehead atoms. The summed E-state index contributed by atoms with van der Waals surface area (Å²) in [6.45, 7) is 6.16. The molecule has 3 heterocycles. The van der Waals surface area contributed by atoms with Gasteiger partial charge in [-0.25, -0.2) is 8.42 Å². The smallest absolute Gasteiger partial charge is 0.246 e. The van der Waals surface area contributed by atoms with Gasteiger partial charge in [-0.05, 0) is 44.1 Å². The predicted octanol–water partition coefficient (Wildman–Crippen LogP) is 2.97. The van der Waals surface area contributed by atoms with Crippen LogP contribution in [-0.4, -0.2) is 50.4 Å². The normalized spacial score (nSPS) is 22.6. The van der Waals surface area contributed by atoms with E-state index in [1.807, 2.05) is 19.1 Å². The maximum Gasteiger partial charge on any atom is 0.246 e. The zero-order chi connectivity index (χ0) is 18.9. The Balaban J connectivity index is 1.55. The van der Waals surface area contributed by atoms with Crippen LogP contribution in [0, 0.1) is 5.41 Å². The van der Waals surface area contributed by atoms with Crippen molar-refractivity contribution in [1.29, 1.82) is 0 Å². The van der Waals surface area contributed by atoms with Crippen LogP contribution in [0.2, 0.25) is 0 Å². The summed E-state index contributed by atoms with van der Waals surface area (Å²) in [7, 11) is -3.54. The van der Waals surface area contributed by atoms with Crippen LogP contribution in [-0.2, 0) is 16.6 Å². The van der Waals surface area contributed by atoms with E-state index in [0.717, 1.165) is 32.5 Å². The Morgan fingerprint density at radius 3 is 2.63 bits per heavy atom. The molecule has 1 aromatic carbocycles. The SMILES string of the molecule is CCN1CC2(CCN(Cc3ccoc3)CC2)COc2ccccc2S1(=O)=O. The fraction of sp³-hybridized carbons (Fsp3) is 0.500. The lowest BCUT2D eigenvalue weighted by Crippen LogP contribution is -2.51. The topological polar surface area (TPSA) is 63.0 Å². The Labute approximate surface area is 160 Å². The molecular formula is C20H26N2O4S. The first-order valence-corrected chi connectivity index (χ1v) is 10.9. The zero-order valence-corrected chi connectivity index (χ0v) is 16.5. The van der Waals surface area contributed by atoms with E-state index in [9.17, 15) is 8.42 Å². The minimum absolute atomic E-state index is 0.149. The number of fused-ring (bicyclic) bond motifs is 1. The molecule has 7 heteroatoms. The number of sulfonamides is 1. The molecule has 1 fully saturated rings. The number of nitrogens with zero attached hydrogens (tertiary/aromatic N) is 2. The van der Waals surface area contributed by atoms with Crippen LogP contribution >= 0.6 is 0 Å². The van der Waals surface area contributed by atoms with E-state index in [-0.39, 0.29) is 10.3 Å². The summed E-state index contributed by atoms with van der Waals surface area (Å²) in [5, 5.41) is 0. The fourth-order valence-electron chi connectivity index (χ4n) is 4.07. The summed E-state index contributed by atoms with van der Waals surface area (Å²) < 4.78 is 39.1. The molecule has 1 aromatic heterocycles. The first-order valence-electron chi connectivity index (χ1n) is 9.48. The number of furan rings is 1. The molecule has 0 amide bonds. The van der Waals surface area contributed by atoms with Crippen LogP contribution in [0.1, 0.15) is 25.3 Å². The third kappa shape index (κ3) is 3.63. The van der Waals surface area contributed by atoms with Crippen molar-refractivity contribution in [1.82, 2.24) is 9.21 Å². The van der Waals surface area contributed by atoms with Crippen LogP contribution < -0.4 is 4.74 Å². The van der Waals surface area contributed by atoms with Crippen LogP contribution in [0.4, 0.5) is 0 Å². The maximum atomic E-state index is 13.1. The largest absolute Gasteiger partial charge is 0.492 e. The van der Waals surface area contributed by atoms with Gasteiger partial charge in [0.05, 0.1) is 19.1 Å². The highest BCUT2D eigenvalue weighted by Crippen LogP contribution is 2.39. The first kappa shape index (κ1) is 18.5. The summed E-state index contributed by atoms with van der Waals surface area (Å²) >= 11 is 0. The van der Waals surface area contributed by atoms with Gasteiger partial charge >= 0.3 is 0 Å². The standard InChI is InChI=1S/C20H26N2O4S/c1-2-22-15-20(8-10-21(11-9-20)13-17-7-12-25-14-17)16-26-18-5-3-4-6-19(18)27(22,23)24/h3-7,12,14H,2,8-11,13,15-16H2,1H3. The second kappa shape index (κ2) is 7.30. The van der Waals surface area contributed by atoms with E-state index in [2.05, 4.69) is 4.90 Å². The quantitative estimate of drug-likeness (QED) is 0.806. The lowest BCUT2D eigenvalue weighted by Gasteiger charge is -2.44. The second-order valence-electron chi connectivity index (χ2n) is 7.57. The van der Waals surface area contributed by atoms with Gasteiger partial charge in [-0.15, -0.1) is 0 Å². The highest BCUT2D eigenvalue weighted by atomic mass is 32.2. The first-order chi connectivity index (χ1) is 13.0. The number of ether oxygens (including phenoxy) is 1. The Morgan fingerprint density at radius 2 is 1.93 bits per heavy atom. The Kier molecular flexibility index (Phi) is 5.01. The van der Waals surface area contributed by atoms with Crippen molar-refractivity contribution in [3.05, 3.63) is 48.4 Å². The third-order valence-electron chi connectivity index (χ3n) is 5.77. The van der Waals surface area contributed by atoms with Gasteiger partial charge < -0.3 is 9.15 Å². The Hall–Kier alpha value is -1.83. The van der Waals surface area contributed by atoms with Crippen molar-refractivity contribution < 1.29 is 17.6 Å². The molecule has 2 aromatic rings. The number of hydrogen-bond acceptors (Lipinski definition) is 5. The Bertz CT molecular complexity index is 871. The van der Waals surface area contributed by atoms with Crippen LogP contribution in [0.3, 0.4) is 0 Å². The van der Waals surface area contributed by atoms with Gasteiger partial charge in [0.25, 0.3) is 0 Å². The molecule has 146 valence electrons. The van der Waals surface area contributed by atoms with Gasteiger partial charge in [0.1, 0.15) is 10.6 Å². The Morgan fingerprint density at radius 1 is 1.15 bits per heavy atom. The maximum absolute atomic E-state index is 13.1. The average molecular weight is 391 g/mol. The van der Waals surface area contributed by atoms with E-state index in [1.54, 1.807) is 35.0 Å². The predicted molar refractivity (Wildman–Crippen MR) is 102 cm³/mol. The molecule has 0 saturated carbocycles. The molecule has 1 saturated heterocycles. The van der Waals surface area contributed by atoms with E-state index in [1.165, 1.54) is 5.56 Å². The van der Waals surface area contributed by atoms with Crippen molar-refractivity contribution in [2.75, 3.05) is 32.8 Å². The summed E-state index contributed by atoms with van der Waals surface area (Å²) in [6, 6.07) is 8.96. The summed E-state index contributed by atoms with van der Waals surface area (Å²) in [6.07, 6.45) is 5.31. The third-order valence-corrected chi connectivity index (χ3v) is 7.73. The molecule has 1 spiro atoms. The highest BCUT2D eigenvalue weighted by Gasteiger charge is 2.42. The second-order valence-corrected chi connectivity index (χ2v) is 9.48.